The number of nitrogens with zero attached hydrogens (tertiary/aromatic N) is 4. The number of piperidine rings is 1. The van der Waals surface area contributed by atoms with Crippen molar-refractivity contribution < 1.29 is 4.79 Å². The first kappa shape index (κ1) is 17.4. The van der Waals surface area contributed by atoms with Crippen LogP contribution in [0.1, 0.15) is 17.9 Å². The lowest BCUT2D eigenvalue weighted by atomic mass is 9.87. The molecule has 7 heteroatoms. The second-order valence-corrected chi connectivity index (χ2v) is 8.01. The van der Waals surface area contributed by atoms with Gasteiger partial charge < -0.3 is 10.2 Å². The number of halogens is 1. The zero-order valence-corrected chi connectivity index (χ0v) is 16.5. The predicted octanol–water partition coefficient (Wildman–Crippen LogP) is 2.76. The summed E-state index contributed by atoms with van der Waals surface area (Å²) >= 11 is 3.40. The van der Waals surface area contributed by atoms with E-state index in [0.717, 1.165) is 47.0 Å². The van der Waals surface area contributed by atoms with Gasteiger partial charge in [-0.2, -0.15) is 0 Å². The molecular formula is C19H22BrN5O. The van der Waals surface area contributed by atoms with E-state index in [2.05, 4.69) is 41.0 Å². The van der Waals surface area contributed by atoms with Crippen LogP contribution in [0.2, 0.25) is 0 Å². The first-order valence-electron chi connectivity index (χ1n) is 8.86. The molecule has 2 unspecified atom stereocenters. The van der Waals surface area contributed by atoms with E-state index in [4.69, 9.17) is 0 Å². The number of fused-ring (bicyclic) bond motifs is 2. The number of aromatic nitrogens is 2. The molecule has 136 valence electrons. The molecule has 0 saturated carbocycles. The van der Waals surface area contributed by atoms with Crippen LogP contribution in [-0.4, -0.2) is 52.5 Å². The predicted molar refractivity (Wildman–Crippen MR) is 105 cm³/mol. The molecule has 0 radical (unpaired) electrons. The number of rotatable bonds is 4. The third kappa shape index (κ3) is 3.59. The fraction of sp³-hybridized carbons (Fsp3) is 0.421. The highest BCUT2D eigenvalue weighted by Gasteiger charge is 2.45. The van der Waals surface area contributed by atoms with Crippen molar-refractivity contribution in [2.24, 2.45) is 0 Å². The largest absolute Gasteiger partial charge is 0.353 e. The molecule has 1 N–H and O–H groups in total. The minimum Gasteiger partial charge on any atom is -0.353 e. The van der Waals surface area contributed by atoms with Crippen LogP contribution in [0.25, 0.3) is 0 Å². The van der Waals surface area contributed by atoms with Gasteiger partial charge in [-0.15, -0.1) is 0 Å². The molecule has 6 nitrogen and oxygen atoms in total. The van der Waals surface area contributed by atoms with Gasteiger partial charge in [0.2, 0.25) is 5.91 Å². The van der Waals surface area contributed by atoms with Crippen LogP contribution in [0, 0.1) is 13.8 Å². The van der Waals surface area contributed by atoms with E-state index < -0.39 is 0 Å². The highest BCUT2D eigenvalue weighted by molar-refractivity contribution is 9.10. The Morgan fingerprint density at radius 1 is 1.19 bits per heavy atom. The number of benzene rings is 1. The SMILES string of the molecule is Cc1cc(N2CC3CC(C2)N3CC(=O)Nc2ccc(Br)cc2)nc(C)n1. The number of carbonyl (C=O) groups excluding carboxylic acids is 1. The highest BCUT2D eigenvalue weighted by atomic mass is 79.9. The Kier molecular flexibility index (Phi) is 4.67. The Hall–Kier alpha value is -1.99. The quantitative estimate of drug-likeness (QED) is 0.831. The molecule has 1 amide bonds. The summed E-state index contributed by atoms with van der Waals surface area (Å²) in [4.78, 5) is 25.9. The highest BCUT2D eigenvalue weighted by Crippen LogP contribution is 2.34. The summed E-state index contributed by atoms with van der Waals surface area (Å²) in [5.74, 6) is 1.86. The van der Waals surface area contributed by atoms with Crippen molar-refractivity contribution in [3.63, 3.8) is 0 Å². The number of carbonyl (C=O) groups is 1. The van der Waals surface area contributed by atoms with E-state index in [-0.39, 0.29) is 5.91 Å². The standard InChI is InChI=1S/C19H22BrN5O/c1-12-7-18(22-13(2)21-12)24-9-16-8-17(10-24)25(16)11-19(26)23-15-5-3-14(20)4-6-15/h3-7,16-17H,8-11H2,1-2H3,(H,23,26). The molecule has 3 saturated heterocycles. The summed E-state index contributed by atoms with van der Waals surface area (Å²) < 4.78 is 1.00. The molecule has 3 aliphatic heterocycles. The lowest BCUT2D eigenvalue weighted by molar-refractivity contribution is -0.121. The van der Waals surface area contributed by atoms with Crippen LogP contribution in [-0.2, 0) is 4.79 Å². The maximum Gasteiger partial charge on any atom is 0.238 e. The maximum atomic E-state index is 12.4. The van der Waals surface area contributed by atoms with Gasteiger partial charge in [0.05, 0.1) is 6.54 Å². The Balaban J connectivity index is 1.35. The summed E-state index contributed by atoms with van der Waals surface area (Å²) in [7, 11) is 0. The molecule has 2 atom stereocenters. The van der Waals surface area contributed by atoms with Gasteiger partial charge in [-0.25, -0.2) is 9.97 Å². The first-order valence-corrected chi connectivity index (χ1v) is 9.65. The zero-order valence-electron chi connectivity index (χ0n) is 14.9. The summed E-state index contributed by atoms with van der Waals surface area (Å²) in [5.41, 5.74) is 1.83. The molecule has 3 aliphatic rings. The summed E-state index contributed by atoms with van der Waals surface area (Å²) in [6.07, 6.45) is 1.16. The molecule has 3 fully saturated rings. The monoisotopic (exact) mass is 415 g/mol. The molecule has 4 heterocycles. The van der Waals surface area contributed by atoms with E-state index in [9.17, 15) is 4.79 Å². The Morgan fingerprint density at radius 3 is 2.54 bits per heavy atom. The van der Waals surface area contributed by atoms with E-state index in [1.54, 1.807) is 0 Å². The number of aryl methyl sites for hydroxylation is 2. The minimum atomic E-state index is 0.0456. The van der Waals surface area contributed by atoms with Crippen molar-refractivity contribution in [1.82, 2.24) is 14.9 Å². The third-order valence-corrected chi connectivity index (χ3v) is 5.60. The first-order chi connectivity index (χ1) is 12.5. The van der Waals surface area contributed by atoms with Crippen LogP contribution in [0.4, 0.5) is 11.5 Å². The van der Waals surface area contributed by atoms with Gasteiger partial charge in [-0.05, 0) is 44.5 Å². The third-order valence-electron chi connectivity index (χ3n) is 5.08. The normalized spacial score (nSPS) is 22.0. The second kappa shape index (κ2) is 6.96. The van der Waals surface area contributed by atoms with Gasteiger partial charge >= 0.3 is 0 Å². The number of anilines is 2. The maximum absolute atomic E-state index is 12.4. The van der Waals surface area contributed by atoms with Gasteiger partial charge in [-0.3, -0.25) is 9.69 Å². The smallest absolute Gasteiger partial charge is 0.238 e. The number of piperazine rings is 1. The fourth-order valence-corrected chi connectivity index (χ4v) is 4.16. The number of hydrogen-bond acceptors (Lipinski definition) is 5. The number of amides is 1. The van der Waals surface area contributed by atoms with Crippen molar-refractivity contribution in [2.45, 2.75) is 32.4 Å². The zero-order chi connectivity index (χ0) is 18.3. The Labute approximate surface area is 161 Å². The Morgan fingerprint density at radius 2 is 1.88 bits per heavy atom. The molecule has 1 aromatic heterocycles. The molecule has 2 aromatic rings. The van der Waals surface area contributed by atoms with Gasteiger partial charge in [0.1, 0.15) is 11.6 Å². The average Bonchev–Trinajstić information content (AvgIpc) is 2.61. The van der Waals surface area contributed by atoms with Crippen molar-refractivity contribution >= 4 is 33.3 Å². The second-order valence-electron chi connectivity index (χ2n) is 7.09. The van der Waals surface area contributed by atoms with Crippen molar-refractivity contribution in [1.29, 1.82) is 0 Å². The molecule has 2 bridgehead atoms. The number of nitrogens with one attached hydrogen (secondary N) is 1. The summed E-state index contributed by atoms with van der Waals surface area (Å²) in [6.45, 7) is 6.21. The van der Waals surface area contributed by atoms with E-state index >= 15 is 0 Å². The average molecular weight is 416 g/mol. The van der Waals surface area contributed by atoms with Crippen molar-refractivity contribution in [3.05, 3.63) is 46.3 Å². The Bertz CT molecular complexity index is 793. The molecule has 1 aromatic carbocycles. The lowest BCUT2D eigenvalue weighted by Crippen LogP contribution is -2.69. The molecule has 0 aliphatic carbocycles. The molecule has 0 spiro atoms. The van der Waals surface area contributed by atoms with Gasteiger partial charge in [0.15, 0.2) is 0 Å². The topological polar surface area (TPSA) is 61.4 Å². The lowest BCUT2D eigenvalue weighted by Gasteiger charge is -2.56. The van der Waals surface area contributed by atoms with Crippen molar-refractivity contribution in [3.8, 4) is 0 Å². The summed E-state index contributed by atoms with van der Waals surface area (Å²) in [6, 6.07) is 10.5. The van der Waals surface area contributed by atoms with E-state index in [1.165, 1.54) is 0 Å². The van der Waals surface area contributed by atoms with Crippen LogP contribution >= 0.6 is 15.9 Å². The van der Waals surface area contributed by atoms with Gasteiger partial charge in [0.25, 0.3) is 0 Å². The summed E-state index contributed by atoms with van der Waals surface area (Å²) in [5, 5.41) is 2.98. The van der Waals surface area contributed by atoms with Crippen LogP contribution in [0.15, 0.2) is 34.8 Å². The fourth-order valence-electron chi connectivity index (χ4n) is 3.89. The number of hydrogen-bond donors (Lipinski definition) is 1. The van der Waals surface area contributed by atoms with Crippen LogP contribution in [0.5, 0.6) is 0 Å². The van der Waals surface area contributed by atoms with Crippen molar-refractivity contribution in [2.75, 3.05) is 29.9 Å². The molecule has 5 rings (SSSR count). The van der Waals surface area contributed by atoms with Crippen LogP contribution < -0.4 is 10.2 Å². The molecular weight excluding hydrogens is 394 g/mol. The van der Waals surface area contributed by atoms with E-state index in [0.29, 0.717) is 18.6 Å². The minimum absolute atomic E-state index is 0.0456. The van der Waals surface area contributed by atoms with Gasteiger partial charge in [-0.1, -0.05) is 15.9 Å². The van der Waals surface area contributed by atoms with Crippen LogP contribution in [0.3, 0.4) is 0 Å². The van der Waals surface area contributed by atoms with E-state index in [1.807, 2.05) is 44.2 Å². The van der Waals surface area contributed by atoms with Gasteiger partial charge in [0, 0.05) is 47.1 Å². The molecule has 26 heavy (non-hydrogen) atoms.